The molecule has 184 valence electrons. The van der Waals surface area contributed by atoms with Gasteiger partial charge in [0.2, 0.25) is 10.9 Å². The third kappa shape index (κ3) is 4.48. The molecular weight excluding hydrogens is 448 g/mol. The largest absolute Gasteiger partial charge is 0.460 e. The van der Waals surface area contributed by atoms with E-state index in [0.717, 1.165) is 11.1 Å². The van der Waals surface area contributed by atoms with E-state index in [2.05, 4.69) is 41.5 Å². The highest BCUT2D eigenvalue weighted by Crippen LogP contribution is 2.35. The first kappa shape index (κ1) is 24.1. The summed E-state index contributed by atoms with van der Waals surface area (Å²) in [4.78, 5) is 27.5. The predicted octanol–water partition coefficient (Wildman–Crippen LogP) is 7.90. The Morgan fingerprint density at radius 1 is 0.639 bits per heavy atom. The Hall–Kier alpha value is -3.66. The average molecular weight is 481 g/mol. The van der Waals surface area contributed by atoms with Gasteiger partial charge >= 0.3 is 0 Å². The van der Waals surface area contributed by atoms with Crippen molar-refractivity contribution in [3.05, 3.63) is 92.4 Å². The molecule has 0 aliphatic carbocycles. The normalized spacial score (nSPS) is 12.6. The van der Waals surface area contributed by atoms with Gasteiger partial charge in [-0.2, -0.15) is 0 Å². The van der Waals surface area contributed by atoms with Crippen molar-refractivity contribution in [3.63, 3.8) is 0 Å². The zero-order valence-electron chi connectivity index (χ0n) is 21.8. The molecule has 0 unspecified atom stereocenters. The second-order valence-corrected chi connectivity index (χ2v) is 12.1. The van der Waals surface area contributed by atoms with Gasteiger partial charge in [0.25, 0.3) is 0 Å². The van der Waals surface area contributed by atoms with Gasteiger partial charge in [-0.05, 0) is 64.8 Å². The monoisotopic (exact) mass is 480 g/mol. The van der Waals surface area contributed by atoms with E-state index in [-0.39, 0.29) is 21.7 Å². The van der Waals surface area contributed by atoms with E-state index in [4.69, 9.17) is 8.83 Å². The minimum absolute atomic E-state index is 0.0434. The van der Waals surface area contributed by atoms with Crippen LogP contribution in [0.1, 0.15) is 52.9 Å². The first-order valence-corrected chi connectivity index (χ1v) is 12.4. The van der Waals surface area contributed by atoms with Crippen molar-refractivity contribution in [2.75, 3.05) is 0 Å². The summed E-state index contributed by atoms with van der Waals surface area (Å²) in [5.41, 5.74) is 3.46. The van der Waals surface area contributed by atoms with Gasteiger partial charge < -0.3 is 8.83 Å². The quantitative estimate of drug-likeness (QED) is 0.246. The summed E-state index contributed by atoms with van der Waals surface area (Å²) < 4.78 is 12.6. The number of para-hydroxylation sites is 2. The summed E-state index contributed by atoms with van der Waals surface area (Å²) in [6.07, 6.45) is 1.25. The van der Waals surface area contributed by atoms with Crippen LogP contribution in [0.15, 0.2) is 79.1 Å². The molecule has 0 aliphatic rings. The molecule has 2 heterocycles. The molecule has 0 bridgehead atoms. The molecule has 36 heavy (non-hydrogen) atoms. The summed E-state index contributed by atoms with van der Waals surface area (Å²) in [6, 6.07) is 18.5. The van der Waals surface area contributed by atoms with Gasteiger partial charge in [0.15, 0.2) is 0 Å². The van der Waals surface area contributed by atoms with Crippen LogP contribution in [-0.2, 0) is 12.8 Å². The topological polar surface area (TPSA) is 60.4 Å². The molecule has 5 rings (SSSR count). The third-order valence-corrected chi connectivity index (χ3v) is 6.33. The number of fused-ring (bicyclic) bond motifs is 3. The van der Waals surface area contributed by atoms with Crippen molar-refractivity contribution in [1.82, 2.24) is 0 Å². The molecular formula is C32H32O4. The van der Waals surface area contributed by atoms with Crippen LogP contribution in [0.25, 0.3) is 44.0 Å². The Morgan fingerprint density at radius 3 is 1.81 bits per heavy atom. The molecule has 0 amide bonds. The molecule has 2 aromatic heterocycles. The lowest BCUT2D eigenvalue weighted by Crippen LogP contribution is -2.16. The van der Waals surface area contributed by atoms with E-state index in [0.29, 0.717) is 57.1 Å². The van der Waals surface area contributed by atoms with Gasteiger partial charge in [-0.3, -0.25) is 9.59 Å². The molecule has 4 nitrogen and oxygen atoms in total. The Balaban J connectivity index is 1.90. The number of hydrogen-bond acceptors (Lipinski definition) is 4. The van der Waals surface area contributed by atoms with Gasteiger partial charge in [0.1, 0.15) is 22.5 Å². The predicted molar refractivity (Wildman–Crippen MR) is 148 cm³/mol. The Morgan fingerprint density at radius 2 is 1.19 bits per heavy atom. The minimum Gasteiger partial charge on any atom is -0.460 e. The van der Waals surface area contributed by atoms with Crippen LogP contribution >= 0.6 is 0 Å². The van der Waals surface area contributed by atoms with Crippen molar-refractivity contribution < 1.29 is 8.83 Å². The molecule has 0 radical (unpaired) electrons. The highest BCUT2D eigenvalue weighted by Gasteiger charge is 2.24. The van der Waals surface area contributed by atoms with Crippen molar-refractivity contribution in [2.24, 2.45) is 10.8 Å². The van der Waals surface area contributed by atoms with E-state index in [1.807, 2.05) is 48.5 Å². The second kappa shape index (κ2) is 8.48. The molecule has 4 heteroatoms. The number of rotatable bonds is 3. The Labute approximate surface area is 210 Å². The van der Waals surface area contributed by atoms with E-state index in [1.54, 1.807) is 12.1 Å². The van der Waals surface area contributed by atoms with E-state index in [9.17, 15) is 9.59 Å². The van der Waals surface area contributed by atoms with Crippen LogP contribution in [0, 0.1) is 10.8 Å². The molecule has 0 fully saturated rings. The lowest BCUT2D eigenvalue weighted by Gasteiger charge is -2.22. The van der Waals surface area contributed by atoms with Crippen molar-refractivity contribution in [1.29, 1.82) is 0 Å². The maximum Gasteiger partial charge on any atom is 0.200 e. The van der Waals surface area contributed by atoms with Crippen molar-refractivity contribution in [3.8, 4) is 11.1 Å². The molecule has 5 aromatic rings. The van der Waals surface area contributed by atoms with Crippen LogP contribution in [-0.4, -0.2) is 0 Å². The van der Waals surface area contributed by atoms with Crippen LogP contribution in [0.4, 0.5) is 0 Å². The molecule has 0 atom stereocenters. The summed E-state index contributed by atoms with van der Waals surface area (Å²) in [6.45, 7) is 12.8. The fourth-order valence-electron chi connectivity index (χ4n) is 4.95. The highest BCUT2D eigenvalue weighted by atomic mass is 16.3. The Bertz CT molecular complexity index is 1740. The fraction of sp³-hybridized carbons (Fsp3) is 0.312. The van der Waals surface area contributed by atoms with Crippen molar-refractivity contribution >= 4 is 32.9 Å². The maximum atomic E-state index is 13.9. The van der Waals surface area contributed by atoms with Gasteiger partial charge in [-0.1, -0.05) is 65.8 Å². The highest BCUT2D eigenvalue weighted by molar-refractivity contribution is 5.95. The summed E-state index contributed by atoms with van der Waals surface area (Å²) >= 11 is 0. The molecule has 0 saturated carbocycles. The first-order chi connectivity index (χ1) is 16.9. The van der Waals surface area contributed by atoms with Crippen LogP contribution in [0.2, 0.25) is 0 Å². The summed E-state index contributed by atoms with van der Waals surface area (Å²) in [7, 11) is 0. The van der Waals surface area contributed by atoms with Crippen LogP contribution < -0.4 is 10.9 Å². The zero-order chi connectivity index (χ0) is 25.8. The molecule has 0 N–H and O–H groups in total. The molecule has 3 aromatic carbocycles. The van der Waals surface area contributed by atoms with Gasteiger partial charge in [-0.15, -0.1) is 0 Å². The van der Waals surface area contributed by atoms with Gasteiger partial charge in [0.05, 0.1) is 21.7 Å². The summed E-state index contributed by atoms with van der Waals surface area (Å²) in [5, 5.41) is 1.68. The third-order valence-electron chi connectivity index (χ3n) is 6.33. The Kier molecular flexibility index (Phi) is 5.66. The van der Waals surface area contributed by atoms with E-state index in [1.165, 1.54) is 0 Å². The van der Waals surface area contributed by atoms with Gasteiger partial charge in [0, 0.05) is 6.42 Å². The lowest BCUT2D eigenvalue weighted by atomic mass is 9.84. The number of hydrogen-bond donors (Lipinski definition) is 0. The lowest BCUT2D eigenvalue weighted by molar-refractivity contribution is 0.368. The standard InChI is InChI=1S/C32H32O4/c1-31(2,3)17-20-15-19(16-25-28(20)30(34)21-11-7-9-13-23(21)35-25)27-26(18-32(4,5)6)36-24-14-10-8-12-22(24)29(27)33/h7-16H,17-18H2,1-6H3. The minimum atomic E-state index is -0.0962. The van der Waals surface area contributed by atoms with Crippen LogP contribution in [0.3, 0.4) is 0 Å². The first-order valence-electron chi connectivity index (χ1n) is 12.4. The second-order valence-electron chi connectivity index (χ2n) is 12.1. The van der Waals surface area contributed by atoms with Gasteiger partial charge in [-0.25, -0.2) is 0 Å². The SMILES string of the molecule is CC(C)(C)Cc1oc2ccccc2c(=O)c1-c1cc(CC(C)(C)C)c2c(=O)c3ccccc3oc2c1. The molecule has 0 spiro atoms. The molecule has 0 saturated heterocycles. The van der Waals surface area contributed by atoms with Crippen LogP contribution in [0.5, 0.6) is 0 Å². The molecule has 0 aliphatic heterocycles. The smallest absolute Gasteiger partial charge is 0.200 e. The maximum absolute atomic E-state index is 13.9. The van der Waals surface area contributed by atoms with Crippen molar-refractivity contribution in [2.45, 2.75) is 54.4 Å². The summed E-state index contributed by atoms with van der Waals surface area (Å²) in [5.74, 6) is 0.649. The number of benzene rings is 3. The zero-order valence-corrected chi connectivity index (χ0v) is 21.8. The van der Waals surface area contributed by atoms with E-state index < -0.39 is 0 Å². The fourth-order valence-corrected chi connectivity index (χ4v) is 4.95. The average Bonchev–Trinajstić information content (AvgIpc) is 2.77. The van der Waals surface area contributed by atoms with E-state index >= 15 is 0 Å².